The van der Waals surface area contributed by atoms with E-state index >= 15 is 0 Å². The zero-order chi connectivity index (χ0) is 16.1. The van der Waals surface area contributed by atoms with Gasteiger partial charge in [-0.15, -0.1) is 0 Å². The van der Waals surface area contributed by atoms with Gasteiger partial charge in [-0.25, -0.2) is 0 Å². The Morgan fingerprint density at radius 3 is 2.65 bits per heavy atom. The molecule has 1 aliphatic rings. The fourth-order valence-corrected chi connectivity index (χ4v) is 3.19. The molecule has 3 nitrogen and oxygen atoms in total. The third-order valence-electron chi connectivity index (χ3n) is 4.35. The Kier molecular flexibility index (Phi) is 5.09. The van der Waals surface area contributed by atoms with E-state index in [1.54, 1.807) is 0 Å². The molecule has 0 spiro atoms. The monoisotopic (exact) mass is 308 g/mol. The fourth-order valence-electron chi connectivity index (χ4n) is 3.19. The van der Waals surface area contributed by atoms with Gasteiger partial charge in [0.15, 0.2) is 0 Å². The molecule has 0 saturated carbocycles. The van der Waals surface area contributed by atoms with Crippen LogP contribution >= 0.6 is 0 Å². The summed E-state index contributed by atoms with van der Waals surface area (Å²) in [6.07, 6.45) is 1.77. The molecule has 1 aliphatic heterocycles. The van der Waals surface area contributed by atoms with Crippen molar-refractivity contribution in [2.45, 2.75) is 25.8 Å². The molecule has 1 atom stereocenters. The number of hydrogen-bond acceptors (Lipinski definition) is 2. The zero-order valence-electron chi connectivity index (χ0n) is 13.7. The number of carbonyl (C=O) groups is 1. The number of carbonyl (C=O) groups excluding carboxylic acids is 1. The quantitative estimate of drug-likeness (QED) is 0.920. The summed E-state index contributed by atoms with van der Waals surface area (Å²) in [5.41, 5.74) is 3.62. The molecule has 0 unspecified atom stereocenters. The van der Waals surface area contributed by atoms with E-state index in [1.807, 2.05) is 11.0 Å². The molecule has 1 amide bonds. The van der Waals surface area contributed by atoms with Crippen LogP contribution in [0.5, 0.6) is 0 Å². The highest BCUT2D eigenvalue weighted by Gasteiger charge is 2.27. The minimum absolute atomic E-state index is 0.0960. The Morgan fingerprint density at radius 1 is 1.09 bits per heavy atom. The minimum Gasteiger partial charge on any atom is -0.340 e. The molecule has 1 fully saturated rings. The van der Waals surface area contributed by atoms with E-state index in [1.165, 1.54) is 16.7 Å². The number of nitrogens with one attached hydrogen (secondary N) is 1. The SMILES string of the molecule is CCCN1CCN[C@H](Cc2cccc(-c3ccccc3)c2)C1=O. The second-order valence-electron chi connectivity index (χ2n) is 6.10. The predicted molar refractivity (Wildman–Crippen MR) is 94.2 cm³/mol. The summed E-state index contributed by atoms with van der Waals surface area (Å²) in [6.45, 7) is 4.69. The molecule has 0 radical (unpaired) electrons. The molecule has 2 aromatic carbocycles. The third kappa shape index (κ3) is 3.80. The molecule has 3 rings (SSSR count). The molecule has 0 aliphatic carbocycles. The van der Waals surface area contributed by atoms with E-state index in [0.29, 0.717) is 0 Å². The fraction of sp³-hybridized carbons (Fsp3) is 0.350. The van der Waals surface area contributed by atoms with Crippen LogP contribution in [-0.2, 0) is 11.2 Å². The summed E-state index contributed by atoms with van der Waals surface area (Å²) in [7, 11) is 0. The van der Waals surface area contributed by atoms with E-state index in [-0.39, 0.29) is 11.9 Å². The normalized spacial score (nSPS) is 18.2. The standard InChI is InChI=1S/C20H24N2O/c1-2-12-22-13-11-21-19(20(22)23)15-16-7-6-10-18(14-16)17-8-4-3-5-9-17/h3-10,14,19,21H,2,11-13,15H2,1H3/t19-/m1/s1. The maximum absolute atomic E-state index is 12.5. The largest absolute Gasteiger partial charge is 0.340 e. The van der Waals surface area contributed by atoms with Crippen molar-refractivity contribution in [3.05, 3.63) is 60.2 Å². The average Bonchev–Trinajstić information content (AvgIpc) is 2.60. The van der Waals surface area contributed by atoms with Gasteiger partial charge < -0.3 is 10.2 Å². The molecular formula is C20H24N2O. The number of nitrogens with zero attached hydrogens (tertiary/aromatic N) is 1. The smallest absolute Gasteiger partial charge is 0.240 e. The second-order valence-corrected chi connectivity index (χ2v) is 6.10. The molecule has 3 heteroatoms. The van der Waals surface area contributed by atoms with E-state index in [4.69, 9.17) is 0 Å². The zero-order valence-corrected chi connectivity index (χ0v) is 13.7. The summed E-state index contributed by atoms with van der Waals surface area (Å²) in [5.74, 6) is 0.239. The van der Waals surface area contributed by atoms with E-state index < -0.39 is 0 Å². The van der Waals surface area contributed by atoms with E-state index in [0.717, 1.165) is 32.5 Å². The average molecular weight is 308 g/mol. The van der Waals surface area contributed by atoms with Crippen molar-refractivity contribution in [3.63, 3.8) is 0 Å². The highest BCUT2D eigenvalue weighted by molar-refractivity contribution is 5.83. The Balaban J connectivity index is 1.74. The summed E-state index contributed by atoms with van der Waals surface area (Å²) in [4.78, 5) is 14.5. The number of rotatable bonds is 5. The third-order valence-corrected chi connectivity index (χ3v) is 4.35. The van der Waals surface area contributed by atoms with Crippen LogP contribution in [0.2, 0.25) is 0 Å². The van der Waals surface area contributed by atoms with E-state index in [9.17, 15) is 4.79 Å². The molecular weight excluding hydrogens is 284 g/mol. The van der Waals surface area contributed by atoms with Gasteiger partial charge in [0.25, 0.3) is 0 Å². The maximum atomic E-state index is 12.5. The Morgan fingerprint density at radius 2 is 1.87 bits per heavy atom. The summed E-state index contributed by atoms with van der Waals surface area (Å²) >= 11 is 0. The predicted octanol–water partition coefficient (Wildman–Crippen LogP) is 3.11. The van der Waals surface area contributed by atoms with Gasteiger partial charge in [0, 0.05) is 19.6 Å². The van der Waals surface area contributed by atoms with Crippen LogP contribution in [0.3, 0.4) is 0 Å². The Hall–Kier alpha value is -2.13. The first-order chi connectivity index (χ1) is 11.3. The van der Waals surface area contributed by atoms with Crippen molar-refractivity contribution >= 4 is 5.91 Å². The topological polar surface area (TPSA) is 32.3 Å². The molecule has 120 valence electrons. The van der Waals surface area contributed by atoms with Gasteiger partial charge in [-0.3, -0.25) is 4.79 Å². The van der Waals surface area contributed by atoms with Crippen LogP contribution in [-0.4, -0.2) is 36.5 Å². The van der Waals surface area contributed by atoms with Crippen LogP contribution < -0.4 is 5.32 Å². The first kappa shape index (κ1) is 15.8. The lowest BCUT2D eigenvalue weighted by molar-refractivity contribution is -0.135. The van der Waals surface area contributed by atoms with Crippen molar-refractivity contribution in [2.75, 3.05) is 19.6 Å². The highest BCUT2D eigenvalue weighted by Crippen LogP contribution is 2.21. The number of amides is 1. The Bertz CT molecular complexity index is 652. The van der Waals surface area contributed by atoms with Gasteiger partial charge in [0.2, 0.25) is 5.91 Å². The van der Waals surface area contributed by atoms with Crippen LogP contribution in [0.1, 0.15) is 18.9 Å². The summed E-state index contributed by atoms with van der Waals surface area (Å²) in [5, 5.41) is 3.37. The lowest BCUT2D eigenvalue weighted by Gasteiger charge is -2.33. The maximum Gasteiger partial charge on any atom is 0.240 e. The van der Waals surface area contributed by atoms with Crippen LogP contribution in [0.15, 0.2) is 54.6 Å². The van der Waals surface area contributed by atoms with Crippen LogP contribution in [0.4, 0.5) is 0 Å². The minimum atomic E-state index is -0.0960. The lowest BCUT2D eigenvalue weighted by atomic mass is 9.98. The van der Waals surface area contributed by atoms with Gasteiger partial charge >= 0.3 is 0 Å². The number of benzene rings is 2. The van der Waals surface area contributed by atoms with E-state index in [2.05, 4.69) is 60.8 Å². The Labute approximate surface area is 138 Å². The van der Waals surface area contributed by atoms with Crippen molar-refractivity contribution in [3.8, 4) is 11.1 Å². The summed E-state index contributed by atoms with van der Waals surface area (Å²) < 4.78 is 0. The summed E-state index contributed by atoms with van der Waals surface area (Å²) in [6, 6.07) is 18.8. The van der Waals surface area contributed by atoms with Crippen LogP contribution in [0, 0.1) is 0 Å². The molecule has 1 N–H and O–H groups in total. The molecule has 1 saturated heterocycles. The first-order valence-electron chi connectivity index (χ1n) is 8.44. The molecule has 2 aromatic rings. The number of piperazine rings is 1. The van der Waals surface area contributed by atoms with Crippen molar-refractivity contribution in [1.29, 1.82) is 0 Å². The van der Waals surface area contributed by atoms with Gasteiger partial charge in [0.05, 0.1) is 6.04 Å². The van der Waals surface area contributed by atoms with Gasteiger partial charge in [-0.1, -0.05) is 61.5 Å². The van der Waals surface area contributed by atoms with Crippen molar-refractivity contribution < 1.29 is 4.79 Å². The number of hydrogen-bond donors (Lipinski definition) is 1. The molecule has 23 heavy (non-hydrogen) atoms. The second kappa shape index (κ2) is 7.42. The molecule has 0 aromatic heterocycles. The lowest BCUT2D eigenvalue weighted by Crippen LogP contribution is -2.55. The van der Waals surface area contributed by atoms with Crippen molar-refractivity contribution in [1.82, 2.24) is 10.2 Å². The highest BCUT2D eigenvalue weighted by atomic mass is 16.2. The van der Waals surface area contributed by atoms with Gasteiger partial charge in [0.1, 0.15) is 0 Å². The van der Waals surface area contributed by atoms with Crippen molar-refractivity contribution in [2.24, 2.45) is 0 Å². The van der Waals surface area contributed by atoms with Gasteiger partial charge in [-0.05, 0) is 29.5 Å². The van der Waals surface area contributed by atoms with Gasteiger partial charge in [-0.2, -0.15) is 0 Å². The molecule has 1 heterocycles. The first-order valence-corrected chi connectivity index (χ1v) is 8.44. The van der Waals surface area contributed by atoms with Crippen LogP contribution in [0.25, 0.3) is 11.1 Å². The molecule has 0 bridgehead atoms.